The van der Waals surface area contributed by atoms with Gasteiger partial charge in [0.25, 0.3) is 0 Å². The lowest BCUT2D eigenvalue weighted by molar-refractivity contribution is -0.00960. The van der Waals surface area contributed by atoms with Crippen molar-refractivity contribution >= 4 is 15.9 Å². The second-order valence-electron chi connectivity index (χ2n) is 5.65. The highest BCUT2D eigenvalue weighted by atomic mass is 79.9. The average Bonchev–Trinajstić information content (AvgIpc) is 2.87. The van der Waals surface area contributed by atoms with E-state index in [1.807, 2.05) is 0 Å². The molecule has 0 spiro atoms. The van der Waals surface area contributed by atoms with Crippen molar-refractivity contribution < 1.29 is 4.74 Å². The number of benzene rings is 1. The van der Waals surface area contributed by atoms with Crippen molar-refractivity contribution in [2.45, 2.75) is 57.8 Å². The molecule has 0 bridgehead atoms. The molecule has 1 aliphatic rings. The number of ether oxygens (including phenoxy) is 1. The maximum atomic E-state index is 6.32. The molecular formula is C16H24BrNO. The Kier molecular flexibility index (Phi) is 5.86. The molecule has 3 heteroatoms. The molecular weight excluding hydrogens is 302 g/mol. The predicted molar refractivity (Wildman–Crippen MR) is 83.4 cm³/mol. The first-order valence-corrected chi connectivity index (χ1v) is 8.09. The lowest BCUT2D eigenvalue weighted by Gasteiger charge is -2.24. The van der Waals surface area contributed by atoms with Gasteiger partial charge >= 0.3 is 0 Å². The molecule has 0 amide bonds. The third kappa shape index (κ3) is 4.90. The number of nitrogens with one attached hydrogen (secondary N) is 1. The van der Waals surface area contributed by atoms with Gasteiger partial charge in [0.2, 0.25) is 0 Å². The Balaban J connectivity index is 2.03. The first-order chi connectivity index (χ1) is 9.15. The summed E-state index contributed by atoms with van der Waals surface area (Å²) in [4.78, 5) is 0. The molecule has 1 aromatic rings. The molecule has 0 aromatic heterocycles. The molecule has 1 unspecified atom stereocenters. The zero-order valence-corrected chi connectivity index (χ0v) is 13.4. The summed E-state index contributed by atoms with van der Waals surface area (Å²) in [5, 5.41) is 3.50. The van der Waals surface area contributed by atoms with Gasteiger partial charge in [-0.1, -0.05) is 54.8 Å². The summed E-state index contributed by atoms with van der Waals surface area (Å²) in [5.74, 6) is 0. The van der Waals surface area contributed by atoms with Gasteiger partial charge in [-0.25, -0.2) is 0 Å². The van der Waals surface area contributed by atoms with Crippen LogP contribution in [-0.2, 0) is 4.74 Å². The predicted octanol–water partition coefficient (Wildman–Crippen LogP) is 4.45. The van der Waals surface area contributed by atoms with E-state index in [0.29, 0.717) is 12.1 Å². The molecule has 1 atom stereocenters. The van der Waals surface area contributed by atoms with Crippen LogP contribution in [0, 0.1) is 0 Å². The van der Waals surface area contributed by atoms with Gasteiger partial charge in [-0.3, -0.25) is 0 Å². The Morgan fingerprint density at radius 2 is 2.05 bits per heavy atom. The molecule has 19 heavy (non-hydrogen) atoms. The van der Waals surface area contributed by atoms with Crippen LogP contribution < -0.4 is 5.32 Å². The number of halogens is 1. The van der Waals surface area contributed by atoms with Crippen LogP contribution in [0.3, 0.4) is 0 Å². The third-order valence-electron chi connectivity index (χ3n) is 3.59. The quantitative estimate of drug-likeness (QED) is 0.834. The fourth-order valence-corrected chi connectivity index (χ4v) is 2.97. The Hall–Kier alpha value is -0.380. The Morgan fingerprint density at radius 3 is 2.68 bits per heavy atom. The lowest BCUT2D eigenvalue weighted by atomic mass is 10.1. The van der Waals surface area contributed by atoms with E-state index in [1.165, 1.54) is 31.2 Å². The van der Waals surface area contributed by atoms with Gasteiger partial charge in [0.1, 0.15) is 0 Å². The zero-order chi connectivity index (χ0) is 13.7. The first kappa shape index (κ1) is 15.0. The fourth-order valence-electron chi connectivity index (χ4n) is 2.55. The molecule has 0 aliphatic heterocycles. The molecule has 1 aromatic carbocycles. The van der Waals surface area contributed by atoms with Crippen LogP contribution in [0.1, 0.15) is 51.2 Å². The van der Waals surface area contributed by atoms with Gasteiger partial charge in [0.05, 0.1) is 12.2 Å². The van der Waals surface area contributed by atoms with E-state index in [1.54, 1.807) is 0 Å². The second-order valence-corrected chi connectivity index (χ2v) is 6.56. The van der Waals surface area contributed by atoms with Crippen molar-refractivity contribution in [3.63, 3.8) is 0 Å². The molecule has 0 saturated heterocycles. The summed E-state index contributed by atoms with van der Waals surface area (Å²) in [5.41, 5.74) is 1.26. The smallest absolute Gasteiger partial charge is 0.0953 e. The summed E-state index contributed by atoms with van der Waals surface area (Å²) in [6.45, 7) is 5.23. The zero-order valence-electron chi connectivity index (χ0n) is 11.9. The SMILES string of the molecule is CC(C)NCC(OC1CCCC1)c1cccc(Br)c1. The lowest BCUT2D eigenvalue weighted by Crippen LogP contribution is -2.30. The minimum absolute atomic E-state index is 0.156. The van der Waals surface area contributed by atoms with E-state index in [9.17, 15) is 0 Å². The van der Waals surface area contributed by atoms with E-state index in [2.05, 4.69) is 59.4 Å². The summed E-state index contributed by atoms with van der Waals surface area (Å²) in [7, 11) is 0. The molecule has 0 heterocycles. The summed E-state index contributed by atoms with van der Waals surface area (Å²) in [6, 6.07) is 8.96. The third-order valence-corrected chi connectivity index (χ3v) is 4.08. The Labute approximate surface area is 125 Å². The monoisotopic (exact) mass is 325 g/mol. The van der Waals surface area contributed by atoms with Gasteiger partial charge in [-0.15, -0.1) is 0 Å². The Bertz CT molecular complexity index is 388. The molecule has 2 rings (SSSR count). The van der Waals surface area contributed by atoms with Gasteiger partial charge < -0.3 is 10.1 Å². The topological polar surface area (TPSA) is 21.3 Å². The highest BCUT2D eigenvalue weighted by Gasteiger charge is 2.21. The summed E-state index contributed by atoms with van der Waals surface area (Å²) >= 11 is 3.55. The van der Waals surface area contributed by atoms with Crippen LogP contribution in [0.15, 0.2) is 28.7 Å². The number of hydrogen-bond acceptors (Lipinski definition) is 2. The number of rotatable bonds is 6. The summed E-state index contributed by atoms with van der Waals surface area (Å²) in [6.07, 6.45) is 5.65. The van der Waals surface area contributed by atoms with Crippen LogP contribution in [0.5, 0.6) is 0 Å². The van der Waals surface area contributed by atoms with E-state index >= 15 is 0 Å². The highest BCUT2D eigenvalue weighted by molar-refractivity contribution is 9.10. The van der Waals surface area contributed by atoms with Crippen molar-refractivity contribution in [2.75, 3.05) is 6.54 Å². The first-order valence-electron chi connectivity index (χ1n) is 7.29. The van der Waals surface area contributed by atoms with Gasteiger partial charge in [0, 0.05) is 17.1 Å². The van der Waals surface area contributed by atoms with Crippen LogP contribution in [0.25, 0.3) is 0 Å². The van der Waals surface area contributed by atoms with Gasteiger partial charge in [0.15, 0.2) is 0 Å². The largest absolute Gasteiger partial charge is 0.369 e. The highest BCUT2D eigenvalue weighted by Crippen LogP contribution is 2.28. The van der Waals surface area contributed by atoms with Crippen molar-refractivity contribution in [3.05, 3.63) is 34.3 Å². The van der Waals surface area contributed by atoms with E-state index in [-0.39, 0.29) is 6.10 Å². The normalized spacial score (nSPS) is 18.1. The molecule has 1 saturated carbocycles. The summed E-state index contributed by atoms with van der Waals surface area (Å²) < 4.78 is 7.44. The number of hydrogen-bond donors (Lipinski definition) is 1. The molecule has 1 aliphatic carbocycles. The van der Waals surface area contributed by atoms with Gasteiger partial charge in [-0.2, -0.15) is 0 Å². The maximum absolute atomic E-state index is 6.32. The minimum atomic E-state index is 0.156. The molecule has 1 fully saturated rings. The molecule has 1 N–H and O–H groups in total. The van der Waals surface area contributed by atoms with Crippen molar-refractivity contribution in [2.24, 2.45) is 0 Å². The van der Waals surface area contributed by atoms with Crippen LogP contribution in [0.4, 0.5) is 0 Å². The average molecular weight is 326 g/mol. The molecule has 2 nitrogen and oxygen atoms in total. The van der Waals surface area contributed by atoms with E-state index in [0.717, 1.165) is 11.0 Å². The van der Waals surface area contributed by atoms with E-state index < -0.39 is 0 Å². The second kappa shape index (κ2) is 7.41. The molecule has 106 valence electrons. The maximum Gasteiger partial charge on any atom is 0.0953 e. The minimum Gasteiger partial charge on any atom is -0.369 e. The van der Waals surface area contributed by atoms with Crippen molar-refractivity contribution in [3.8, 4) is 0 Å². The van der Waals surface area contributed by atoms with Crippen molar-refractivity contribution in [1.82, 2.24) is 5.32 Å². The van der Waals surface area contributed by atoms with Gasteiger partial charge in [-0.05, 0) is 30.5 Å². The van der Waals surface area contributed by atoms with Crippen LogP contribution in [0.2, 0.25) is 0 Å². The standard InChI is InChI=1S/C16H24BrNO/c1-12(2)18-11-16(19-15-8-3-4-9-15)13-6-5-7-14(17)10-13/h5-7,10,12,15-16,18H,3-4,8-9,11H2,1-2H3. The van der Waals surface area contributed by atoms with Crippen molar-refractivity contribution in [1.29, 1.82) is 0 Å². The Morgan fingerprint density at radius 1 is 1.32 bits per heavy atom. The van der Waals surface area contributed by atoms with E-state index in [4.69, 9.17) is 4.74 Å². The fraction of sp³-hybridized carbons (Fsp3) is 0.625. The van der Waals surface area contributed by atoms with Crippen LogP contribution in [-0.4, -0.2) is 18.7 Å². The van der Waals surface area contributed by atoms with Crippen LogP contribution >= 0.6 is 15.9 Å². The molecule has 0 radical (unpaired) electrons.